The molecule has 168 valence electrons. The number of ketones is 1. The Hall–Kier alpha value is -2.74. The maximum absolute atomic E-state index is 13.6. The van der Waals surface area contributed by atoms with Crippen molar-refractivity contribution in [3.8, 4) is 5.75 Å². The highest BCUT2D eigenvalue weighted by Gasteiger charge is 2.53. The largest absolute Gasteiger partial charge is 0.494 e. The number of rotatable bonds is 6. The third-order valence-corrected chi connectivity index (χ3v) is 7.14. The predicted octanol–water partition coefficient (Wildman–Crippen LogP) is 4.46. The molecule has 3 atom stereocenters. The van der Waals surface area contributed by atoms with Crippen LogP contribution in [-0.4, -0.2) is 34.6 Å². The van der Waals surface area contributed by atoms with Gasteiger partial charge in [0.25, 0.3) is 5.91 Å². The van der Waals surface area contributed by atoms with Crippen LogP contribution < -0.4 is 9.64 Å². The molecule has 0 saturated heterocycles. The lowest BCUT2D eigenvalue weighted by molar-refractivity contribution is -0.131. The minimum absolute atomic E-state index is 0.0347. The Morgan fingerprint density at radius 2 is 2.09 bits per heavy atom. The summed E-state index contributed by atoms with van der Waals surface area (Å²) in [6.07, 6.45) is 4.39. The van der Waals surface area contributed by atoms with Crippen molar-refractivity contribution in [1.29, 1.82) is 0 Å². The van der Waals surface area contributed by atoms with Gasteiger partial charge in [-0.15, -0.1) is 10.2 Å². The van der Waals surface area contributed by atoms with E-state index in [9.17, 15) is 9.59 Å². The van der Waals surface area contributed by atoms with Gasteiger partial charge >= 0.3 is 0 Å². The van der Waals surface area contributed by atoms with Crippen LogP contribution in [0, 0.1) is 11.8 Å². The number of fused-ring (bicyclic) bond motifs is 1. The first-order valence-electron chi connectivity index (χ1n) is 11.3. The van der Waals surface area contributed by atoms with Gasteiger partial charge in [0.05, 0.1) is 24.1 Å². The zero-order valence-electron chi connectivity index (χ0n) is 18.3. The number of carbonyl (C=O) groups excluding carboxylic acids is 2. The smallest absolute Gasteiger partial charge is 0.296 e. The number of ether oxygens (including phenoxy) is 2. The van der Waals surface area contributed by atoms with Crippen LogP contribution in [0.4, 0.5) is 5.13 Å². The summed E-state index contributed by atoms with van der Waals surface area (Å²) in [5.41, 5.74) is 2.85. The molecule has 5 rings (SSSR count). The summed E-state index contributed by atoms with van der Waals surface area (Å²) in [6.45, 7) is 4.93. The summed E-state index contributed by atoms with van der Waals surface area (Å²) in [4.78, 5) is 28.7. The Kier molecular flexibility index (Phi) is 5.71. The van der Waals surface area contributed by atoms with Crippen LogP contribution >= 0.6 is 11.3 Å². The molecule has 0 bridgehead atoms. The summed E-state index contributed by atoms with van der Waals surface area (Å²) in [7, 11) is 0. The quantitative estimate of drug-likeness (QED) is 0.642. The highest BCUT2D eigenvalue weighted by Crippen LogP contribution is 2.48. The number of hydrogen-bond acceptors (Lipinski definition) is 7. The summed E-state index contributed by atoms with van der Waals surface area (Å²) >= 11 is 1.27. The molecular formula is C24H27N3O4S. The van der Waals surface area contributed by atoms with Gasteiger partial charge in [0.2, 0.25) is 5.13 Å². The molecule has 2 aromatic rings. The Labute approximate surface area is 191 Å². The van der Waals surface area contributed by atoms with Crippen molar-refractivity contribution >= 4 is 28.2 Å². The second-order valence-electron chi connectivity index (χ2n) is 9.06. The molecule has 3 aliphatic rings. The van der Waals surface area contributed by atoms with Crippen molar-refractivity contribution in [2.75, 3.05) is 11.5 Å². The zero-order chi connectivity index (χ0) is 22.2. The summed E-state index contributed by atoms with van der Waals surface area (Å²) < 4.78 is 12.1. The molecule has 3 heterocycles. The number of anilines is 1. The number of benzene rings is 1. The van der Waals surface area contributed by atoms with E-state index in [1.807, 2.05) is 24.3 Å². The van der Waals surface area contributed by atoms with Crippen molar-refractivity contribution in [2.24, 2.45) is 11.8 Å². The number of carbonyl (C=O) groups is 2. The summed E-state index contributed by atoms with van der Waals surface area (Å²) in [5, 5.41) is 8.51. The Bertz CT molecular complexity index is 1050. The minimum Gasteiger partial charge on any atom is -0.494 e. The number of Topliss-reactive ketones (excluding diaryl/α,β-unsaturated/α-hetero) is 1. The highest BCUT2D eigenvalue weighted by atomic mass is 32.1. The molecule has 8 heteroatoms. The van der Waals surface area contributed by atoms with E-state index < -0.39 is 6.04 Å². The van der Waals surface area contributed by atoms with E-state index in [1.165, 1.54) is 11.3 Å². The van der Waals surface area contributed by atoms with Crippen molar-refractivity contribution in [2.45, 2.75) is 58.1 Å². The van der Waals surface area contributed by atoms with Gasteiger partial charge in [-0.2, -0.15) is 0 Å². The molecule has 1 aromatic carbocycles. The van der Waals surface area contributed by atoms with Crippen LogP contribution in [0.2, 0.25) is 0 Å². The van der Waals surface area contributed by atoms with Crippen LogP contribution in [0.15, 0.2) is 41.1 Å². The van der Waals surface area contributed by atoms with E-state index in [1.54, 1.807) is 10.4 Å². The van der Waals surface area contributed by atoms with Gasteiger partial charge in [-0.1, -0.05) is 43.7 Å². The van der Waals surface area contributed by atoms with Gasteiger partial charge < -0.3 is 9.47 Å². The van der Waals surface area contributed by atoms with Gasteiger partial charge in [0.1, 0.15) is 17.4 Å². The molecule has 7 nitrogen and oxygen atoms in total. The average Bonchev–Trinajstić information content (AvgIpc) is 3.41. The van der Waals surface area contributed by atoms with Crippen LogP contribution in [0.5, 0.6) is 5.75 Å². The van der Waals surface area contributed by atoms with E-state index >= 15 is 0 Å². The predicted molar refractivity (Wildman–Crippen MR) is 120 cm³/mol. The maximum Gasteiger partial charge on any atom is 0.296 e. The van der Waals surface area contributed by atoms with E-state index in [-0.39, 0.29) is 29.5 Å². The molecular weight excluding hydrogens is 426 g/mol. The Morgan fingerprint density at radius 1 is 1.25 bits per heavy atom. The standard InChI is InChI=1S/C24H27N3O4S/c1-14(2)10-11-30-16-7-5-6-15(12-16)20-19-21(28)17-8-3-4-9-18(17)31-22(19)23(29)27(20)24-26-25-13-32-24/h5-7,12-14,17-18,20H,3-4,8-11H2,1-2H3. The van der Waals surface area contributed by atoms with Crippen LogP contribution in [0.25, 0.3) is 0 Å². The molecule has 0 N–H and O–H groups in total. The van der Waals surface area contributed by atoms with E-state index in [4.69, 9.17) is 9.47 Å². The molecule has 32 heavy (non-hydrogen) atoms. The topological polar surface area (TPSA) is 81.6 Å². The second kappa shape index (κ2) is 8.65. The van der Waals surface area contributed by atoms with Gasteiger partial charge in [0.15, 0.2) is 11.5 Å². The van der Waals surface area contributed by atoms with Gasteiger partial charge in [-0.3, -0.25) is 14.5 Å². The monoisotopic (exact) mass is 453 g/mol. The number of amides is 1. The van der Waals surface area contributed by atoms with E-state index in [2.05, 4.69) is 24.0 Å². The fourth-order valence-electron chi connectivity index (χ4n) is 4.82. The molecule has 0 spiro atoms. The highest BCUT2D eigenvalue weighted by molar-refractivity contribution is 7.13. The normalized spacial score (nSPS) is 25.1. The van der Waals surface area contributed by atoms with Crippen LogP contribution in [0.1, 0.15) is 57.6 Å². The van der Waals surface area contributed by atoms with Gasteiger partial charge in [-0.05, 0) is 49.3 Å². The fraction of sp³-hybridized carbons (Fsp3) is 0.500. The molecule has 2 aliphatic heterocycles. The number of hydrogen-bond donors (Lipinski definition) is 0. The molecule has 1 fully saturated rings. The first-order valence-corrected chi connectivity index (χ1v) is 12.2. The summed E-state index contributed by atoms with van der Waals surface area (Å²) in [5.74, 6) is 0.994. The lowest BCUT2D eigenvalue weighted by Crippen LogP contribution is -2.39. The number of nitrogens with zero attached hydrogens (tertiary/aromatic N) is 3. The third kappa shape index (κ3) is 3.70. The van der Waals surface area contributed by atoms with Crippen LogP contribution in [-0.2, 0) is 14.3 Å². The van der Waals surface area contributed by atoms with Gasteiger partial charge in [0, 0.05) is 0 Å². The Balaban J connectivity index is 1.54. The fourth-order valence-corrected chi connectivity index (χ4v) is 5.40. The molecule has 3 unspecified atom stereocenters. The van der Waals surface area contributed by atoms with Crippen LogP contribution in [0.3, 0.4) is 0 Å². The first-order chi connectivity index (χ1) is 15.5. The SMILES string of the molecule is CC(C)CCOc1cccc(C2C3=C(OC4CCCCC4C3=O)C(=O)N2c2nncs2)c1. The lowest BCUT2D eigenvalue weighted by atomic mass is 9.77. The van der Waals surface area contributed by atoms with Gasteiger partial charge in [-0.25, -0.2) is 0 Å². The molecule has 0 radical (unpaired) electrons. The van der Waals surface area contributed by atoms with Crippen molar-refractivity contribution in [3.63, 3.8) is 0 Å². The van der Waals surface area contributed by atoms with E-state index in [0.29, 0.717) is 23.2 Å². The maximum atomic E-state index is 13.6. The molecule has 1 aliphatic carbocycles. The summed E-state index contributed by atoms with van der Waals surface area (Å²) in [6, 6.07) is 7.06. The van der Waals surface area contributed by atoms with Crippen molar-refractivity contribution in [1.82, 2.24) is 10.2 Å². The first kappa shape index (κ1) is 21.1. The second-order valence-corrected chi connectivity index (χ2v) is 9.87. The molecule has 1 amide bonds. The number of aromatic nitrogens is 2. The van der Waals surface area contributed by atoms with Crippen molar-refractivity contribution < 1.29 is 19.1 Å². The molecule has 1 saturated carbocycles. The molecule has 1 aromatic heterocycles. The zero-order valence-corrected chi connectivity index (χ0v) is 19.1. The lowest BCUT2D eigenvalue weighted by Gasteiger charge is -2.35. The van der Waals surface area contributed by atoms with Crippen molar-refractivity contribution in [3.05, 3.63) is 46.7 Å². The van der Waals surface area contributed by atoms with E-state index in [0.717, 1.165) is 43.4 Å². The third-order valence-electron chi connectivity index (χ3n) is 6.46. The average molecular weight is 454 g/mol. The Morgan fingerprint density at radius 3 is 2.88 bits per heavy atom. The minimum atomic E-state index is -0.588.